The van der Waals surface area contributed by atoms with Gasteiger partial charge in [0.2, 0.25) is 5.91 Å². The van der Waals surface area contributed by atoms with E-state index in [0.29, 0.717) is 35.6 Å². The number of methoxy groups -OCH3 is 2. The van der Waals surface area contributed by atoms with Crippen LogP contribution in [0.4, 0.5) is 0 Å². The van der Waals surface area contributed by atoms with Crippen molar-refractivity contribution in [2.75, 3.05) is 21.3 Å². The molecular formula is C21H25NO4. The van der Waals surface area contributed by atoms with Gasteiger partial charge in [-0.25, -0.2) is 0 Å². The van der Waals surface area contributed by atoms with Crippen molar-refractivity contribution in [3.8, 4) is 11.5 Å². The van der Waals surface area contributed by atoms with Gasteiger partial charge in [-0.2, -0.15) is 0 Å². The maximum Gasteiger partial charge on any atom is 0.246 e. The lowest BCUT2D eigenvalue weighted by atomic mass is 10.1. The Morgan fingerprint density at radius 1 is 1.27 bits per heavy atom. The molecule has 0 bridgehead atoms. The molecule has 1 amide bonds. The van der Waals surface area contributed by atoms with Crippen LogP contribution in [-0.2, 0) is 11.3 Å². The van der Waals surface area contributed by atoms with Gasteiger partial charge in [-0.1, -0.05) is 19.1 Å². The summed E-state index contributed by atoms with van der Waals surface area (Å²) in [6.07, 6.45) is 4.44. The molecule has 0 spiro atoms. The zero-order valence-electron chi connectivity index (χ0n) is 15.7. The van der Waals surface area contributed by atoms with E-state index in [1.54, 1.807) is 32.2 Å². The van der Waals surface area contributed by atoms with E-state index in [1.165, 1.54) is 12.5 Å². The summed E-state index contributed by atoms with van der Waals surface area (Å²) in [6, 6.07) is 9.55. The van der Waals surface area contributed by atoms with Gasteiger partial charge >= 0.3 is 0 Å². The second kappa shape index (κ2) is 7.68. The summed E-state index contributed by atoms with van der Waals surface area (Å²) >= 11 is 0. The molecule has 5 heteroatoms. The molecule has 1 heterocycles. The van der Waals surface area contributed by atoms with Crippen molar-refractivity contribution in [1.82, 2.24) is 4.90 Å². The second-order valence-corrected chi connectivity index (χ2v) is 6.74. The first-order valence-electron chi connectivity index (χ1n) is 8.76. The van der Waals surface area contributed by atoms with Gasteiger partial charge in [0.1, 0.15) is 11.5 Å². The number of nitrogens with zero attached hydrogens (tertiary/aromatic N) is 1. The van der Waals surface area contributed by atoms with Crippen LogP contribution >= 0.6 is 0 Å². The molecule has 1 aromatic heterocycles. The second-order valence-electron chi connectivity index (χ2n) is 6.74. The molecular weight excluding hydrogens is 330 g/mol. The SMILES string of the molecule is COc1cccc(CN(C)C(=O)/C=C/c2ccc([C@@H]3C[C@H]3C)o2)c1OC. The number of carbonyl (C=O) groups is 1. The summed E-state index contributed by atoms with van der Waals surface area (Å²) in [5, 5.41) is 0. The van der Waals surface area contributed by atoms with Crippen LogP contribution in [0, 0.1) is 5.92 Å². The van der Waals surface area contributed by atoms with E-state index in [0.717, 1.165) is 11.3 Å². The fourth-order valence-electron chi connectivity index (χ4n) is 3.07. The molecule has 0 unspecified atom stereocenters. The minimum absolute atomic E-state index is 0.104. The lowest BCUT2D eigenvalue weighted by Crippen LogP contribution is -2.24. The largest absolute Gasteiger partial charge is 0.493 e. The maximum atomic E-state index is 12.4. The fourth-order valence-corrected chi connectivity index (χ4v) is 3.07. The van der Waals surface area contributed by atoms with Gasteiger partial charge in [-0.05, 0) is 36.6 Å². The van der Waals surface area contributed by atoms with Crippen LogP contribution in [-0.4, -0.2) is 32.1 Å². The maximum absolute atomic E-state index is 12.4. The van der Waals surface area contributed by atoms with Gasteiger partial charge in [0.15, 0.2) is 11.5 Å². The van der Waals surface area contributed by atoms with Gasteiger partial charge in [0, 0.05) is 31.1 Å². The van der Waals surface area contributed by atoms with E-state index in [-0.39, 0.29) is 5.91 Å². The number of hydrogen-bond donors (Lipinski definition) is 0. The normalized spacial score (nSPS) is 18.8. The molecule has 1 saturated carbocycles. The van der Waals surface area contributed by atoms with E-state index < -0.39 is 0 Å². The number of benzene rings is 1. The zero-order chi connectivity index (χ0) is 18.7. The standard InChI is InChI=1S/C21H25NO4/c1-14-12-17(14)18-10-8-16(26-18)9-11-20(23)22(2)13-15-6-5-7-19(24-3)21(15)25-4/h5-11,14,17H,12-13H2,1-4H3/b11-9+/t14-,17-/m1/s1. The van der Waals surface area contributed by atoms with E-state index in [4.69, 9.17) is 13.9 Å². The van der Waals surface area contributed by atoms with Crippen molar-refractivity contribution in [3.63, 3.8) is 0 Å². The van der Waals surface area contributed by atoms with Crippen LogP contribution < -0.4 is 9.47 Å². The Morgan fingerprint density at radius 3 is 2.69 bits per heavy atom. The van der Waals surface area contributed by atoms with E-state index >= 15 is 0 Å². The number of rotatable bonds is 7. The molecule has 5 nitrogen and oxygen atoms in total. The molecule has 1 aliphatic rings. The number of furan rings is 1. The molecule has 1 aliphatic carbocycles. The van der Waals surface area contributed by atoms with Crippen LogP contribution in [0.5, 0.6) is 11.5 Å². The number of amides is 1. The lowest BCUT2D eigenvalue weighted by molar-refractivity contribution is -0.125. The minimum atomic E-state index is -0.104. The van der Waals surface area contributed by atoms with Crippen LogP contribution in [0.1, 0.15) is 36.3 Å². The quantitative estimate of drug-likeness (QED) is 0.702. The Hall–Kier alpha value is -2.69. The topological polar surface area (TPSA) is 51.9 Å². The fraction of sp³-hybridized carbons (Fsp3) is 0.381. The number of carbonyl (C=O) groups excluding carboxylic acids is 1. The number of para-hydroxylation sites is 1. The highest BCUT2D eigenvalue weighted by atomic mass is 16.5. The average Bonchev–Trinajstić information content (AvgIpc) is 3.19. The van der Waals surface area contributed by atoms with Gasteiger partial charge in [0.25, 0.3) is 0 Å². The van der Waals surface area contributed by atoms with Crippen LogP contribution in [0.25, 0.3) is 6.08 Å². The number of hydrogen-bond acceptors (Lipinski definition) is 4. The predicted octanol–water partition coefficient (Wildman–Crippen LogP) is 4.09. The third-order valence-corrected chi connectivity index (χ3v) is 4.78. The first kappa shape index (κ1) is 18.1. The Morgan fingerprint density at radius 2 is 2.04 bits per heavy atom. The Kier molecular flexibility index (Phi) is 5.35. The smallest absolute Gasteiger partial charge is 0.246 e. The first-order valence-corrected chi connectivity index (χ1v) is 8.76. The highest BCUT2D eigenvalue weighted by molar-refractivity contribution is 5.91. The molecule has 0 saturated heterocycles. The molecule has 2 atom stereocenters. The highest BCUT2D eigenvalue weighted by Gasteiger charge is 2.36. The number of likely N-dealkylation sites (N-methyl/N-ethyl adjacent to an activating group) is 1. The highest BCUT2D eigenvalue weighted by Crippen LogP contribution is 2.47. The summed E-state index contributed by atoms with van der Waals surface area (Å²) < 4.78 is 16.5. The molecule has 0 radical (unpaired) electrons. The summed E-state index contributed by atoms with van der Waals surface area (Å²) in [7, 11) is 4.95. The average molecular weight is 355 g/mol. The van der Waals surface area contributed by atoms with Crippen LogP contribution in [0.15, 0.2) is 40.8 Å². The van der Waals surface area contributed by atoms with Gasteiger partial charge in [-0.15, -0.1) is 0 Å². The van der Waals surface area contributed by atoms with Crippen molar-refractivity contribution in [2.45, 2.75) is 25.8 Å². The van der Waals surface area contributed by atoms with Crippen molar-refractivity contribution in [2.24, 2.45) is 5.92 Å². The van der Waals surface area contributed by atoms with Crippen molar-refractivity contribution in [1.29, 1.82) is 0 Å². The third-order valence-electron chi connectivity index (χ3n) is 4.78. The summed E-state index contributed by atoms with van der Waals surface area (Å²) in [4.78, 5) is 14.0. The van der Waals surface area contributed by atoms with Crippen molar-refractivity contribution in [3.05, 3.63) is 53.5 Å². The molecule has 0 N–H and O–H groups in total. The minimum Gasteiger partial charge on any atom is -0.493 e. The van der Waals surface area contributed by atoms with Crippen molar-refractivity contribution >= 4 is 12.0 Å². The zero-order valence-corrected chi connectivity index (χ0v) is 15.7. The molecule has 1 fully saturated rings. The van der Waals surface area contributed by atoms with Gasteiger partial charge in [-0.3, -0.25) is 4.79 Å². The molecule has 0 aliphatic heterocycles. The summed E-state index contributed by atoms with van der Waals surface area (Å²) in [5.41, 5.74) is 0.888. The van der Waals surface area contributed by atoms with E-state index in [1.807, 2.05) is 30.3 Å². The van der Waals surface area contributed by atoms with Crippen LogP contribution in [0.3, 0.4) is 0 Å². The molecule has 2 aromatic rings. The van der Waals surface area contributed by atoms with Gasteiger partial charge in [0.05, 0.1) is 14.2 Å². The number of ether oxygens (including phenoxy) is 2. The summed E-state index contributed by atoms with van der Waals surface area (Å²) in [6.45, 7) is 2.64. The molecule has 138 valence electrons. The Bertz CT molecular complexity index is 808. The Balaban J connectivity index is 1.64. The lowest BCUT2D eigenvalue weighted by Gasteiger charge is -2.18. The molecule has 3 rings (SSSR count). The van der Waals surface area contributed by atoms with Crippen molar-refractivity contribution < 1.29 is 18.7 Å². The molecule has 26 heavy (non-hydrogen) atoms. The summed E-state index contributed by atoms with van der Waals surface area (Å²) in [5.74, 6) is 4.15. The Labute approximate surface area is 154 Å². The van der Waals surface area contributed by atoms with Gasteiger partial charge < -0.3 is 18.8 Å². The van der Waals surface area contributed by atoms with Crippen LogP contribution in [0.2, 0.25) is 0 Å². The predicted molar refractivity (Wildman–Crippen MR) is 100 cm³/mol. The molecule has 1 aromatic carbocycles. The monoisotopic (exact) mass is 355 g/mol. The van der Waals surface area contributed by atoms with E-state index in [2.05, 4.69) is 6.92 Å². The van der Waals surface area contributed by atoms with E-state index in [9.17, 15) is 4.79 Å². The third kappa shape index (κ3) is 3.93. The first-order chi connectivity index (χ1) is 12.5.